The molecule has 0 bridgehead atoms. The predicted molar refractivity (Wildman–Crippen MR) is 163 cm³/mol. The molecule has 41 heavy (non-hydrogen) atoms. The zero-order valence-corrected chi connectivity index (χ0v) is 25.5. The van der Waals surface area contributed by atoms with E-state index in [0.29, 0.717) is 25.7 Å². The third-order valence-corrected chi connectivity index (χ3v) is 7.95. The number of hydrogen-bond acceptors (Lipinski definition) is 4. The van der Waals surface area contributed by atoms with E-state index in [-0.39, 0.29) is 13.2 Å². The first kappa shape index (κ1) is 37.2. The zero-order chi connectivity index (χ0) is 30.0. The summed E-state index contributed by atoms with van der Waals surface area (Å²) in [5, 5.41) is 22.9. The van der Waals surface area contributed by atoms with Crippen molar-refractivity contribution in [3.05, 3.63) is 23.8 Å². The first-order valence-electron chi connectivity index (χ1n) is 16.5. The number of aliphatic hydroxyl groups excluding tert-OH is 2. The number of aliphatic hydroxyl groups is 2. The van der Waals surface area contributed by atoms with Gasteiger partial charge in [0.1, 0.15) is 0 Å². The van der Waals surface area contributed by atoms with Gasteiger partial charge >= 0.3 is 0 Å². The molecule has 0 heterocycles. The molecule has 2 amide bonds. The van der Waals surface area contributed by atoms with Gasteiger partial charge in [0.2, 0.25) is 0 Å². The van der Waals surface area contributed by atoms with Crippen LogP contribution in [-0.4, -0.2) is 47.3 Å². The second-order valence-corrected chi connectivity index (χ2v) is 11.6. The van der Waals surface area contributed by atoms with Crippen molar-refractivity contribution in [2.45, 2.75) is 160 Å². The summed E-state index contributed by atoms with van der Waals surface area (Å²) in [4.78, 5) is 24.7. The van der Waals surface area contributed by atoms with Crippen LogP contribution in [0.5, 0.6) is 0 Å². The van der Waals surface area contributed by atoms with Crippen molar-refractivity contribution in [3.63, 3.8) is 0 Å². The minimum Gasteiger partial charge on any atom is -0.396 e. The Labute approximate surface area is 247 Å². The maximum atomic E-state index is 14.3. The summed E-state index contributed by atoms with van der Waals surface area (Å²) in [6.07, 6.45) is 24.9. The quantitative estimate of drug-likeness (QED) is 0.0620. The Morgan fingerprint density at radius 1 is 0.537 bits per heavy atom. The van der Waals surface area contributed by atoms with E-state index in [4.69, 9.17) is 10.2 Å². The molecule has 1 aliphatic rings. The average Bonchev–Trinajstić information content (AvgIpc) is 3.40. The Morgan fingerprint density at radius 3 is 1.15 bits per heavy atom. The van der Waals surface area contributed by atoms with Gasteiger partial charge in [-0.25, -0.2) is 8.78 Å². The molecule has 1 aliphatic carbocycles. The van der Waals surface area contributed by atoms with Crippen LogP contribution in [0.1, 0.15) is 148 Å². The molecular formula is C33H58F2N2O4. The molecule has 8 heteroatoms. The summed E-state index contributed by atoms with van der Waals surface area (Å²) in [5.41, 5.74) is 0. The molecule has 0 aromatic carbocycles. The zero-order valence-electron chi connectivity index (χ0n) is 25.5. The Hall–Kier alpha value is -1.80. The lowest BCUT2D eigenvalue weighted by Gasteiger charge is -2.21. The lowest BCUT2D eigenvalue weighted by atomic mass is 10.1. The minimum absolute atomic E-state index is 0.271. The third-order valence-electron chi connectivity index (χ3n) is 7.95. The van der Waals surface area contributed by atoms with E-state index in [1.165, 1.54) is 37.8 Å². The molecule has 0 spiro atoms. The van der Waals surface area contributed by atoms with Crippen LogP contribution in [0.2, 0.25) is 0 Å². The molecule has 0 unspecified atom stereocenters. The molecule has 0 radical (unpaired) electrons. The number of nitrogens with one attached hydrogen (secondary N) is 2. The van der Waals surface area contributed by atoms with Crippen molar-refractivity contribution < 1.29 is 28.6 Å². The number of carbonyl (C=O) groups excluding carboxylic acids is 2. The van der Waals surface area contributed by atoms with Gasteiger partial charge in [0.15, 0.2) is 11.7 Å². The summed E-state index contributed by atoms with van der Waals surface area (Å²) >= 11 is 0. The van der Waals surface area contributed by atoms with Gasteiger partial charge in [-0.1, -0.05) is 89.9 Å². The Bertz CT molecular complexity index is 685. The maximum Gasteiger partial charge on any atom is 0.279 e. The summed E-state index contributed by atoms with van der Waals surface area (Å²) in [6.45, 7) is 0.542. The standard InChI is InChI=1S/C33H58F2N2O4/c34-28(22-17-13-9-5-1-3-7-11-15-19-26-38)32(40)36-30-24-21-25-31(30)37-33(41)29(35)23-18-14-10-6-2-4-8-12-16-20-27-39/h22-23,30-31,38-39H,1-21,24-27H2,(H,36,40)(H,37,41)/b28-22+,29-23+/t30-,31+. The topological polar surface area (TPSA) is 98.7 Å². The summed E-state index contributed by atoms with van der Waals surface area (Å²) in [6, 6.07) is -0.807. The molecule has 6 nitrogen and oxygen atoms in total. The van der Waals surface area contributed by atoms with Crippen LogP contribution >= 0.6 is 0 Å². The molecule has 0 aromatic heterocycles. The van der Waals surface area contributed by atoms with Gasteiger partial charge in [-0.3, -0.25) is 9.59 Å². The fraction of sp³-hybridized carbons (Fsp3) is 0.818. The summed E-state index contributed by atoms with van der Waals surface area (Å²) in [7, 11) is 0. The smallest absolute Gasteiger partial charge is 0.279 e. The maximum absolute atomic E-state index is 14.3. The van der Waals surface area contributed by atoms with E-state index in [9.17, 15) is 18.4 Å². The number of rotatable bonds is 26. The largest absolute Gasteiger partial charge is 0.396 e. The van der Waals surface area contributed by atoms with Gasteiger partial charge in [-0.15, -0.1) is 0 Å². The number of amides is 2. The van der Waals surface area contributed by atoms with Crippen LogP contribution < -0.4 is 10.6 Å². The molecule has 4 N–H and O–H groups in total. The number of allylic oxidation sites excluding steroid dienone is 2. The van der Waals surface area contributed by atoms with Crippen molar-refractivity contribution in [1.29, 1.82) is 0 Å². The van der Waals surface area contributed by atoms with Gasteiger partial charge < -0.3 is 20.8 Å². The highest BCUT2D eigenvalue weighted by Crippen LogP contribution is 2.21. The molecular weight excluding hydrogens is 526 g/mol. The number of unbranched alkanes of at least 4 members (excludes halogenated alkanes) is 18. The van der Waals surface area contributed by atoms with Crippen LogP contribution in [-0.2, 0) is 9.59 Å². The normalized spacial score (nSPS) is 17.7. The van der Waals surface area contributed by atoms with Crippen molar-refractivity contribution in [3.8, 4) is 0 Å². The predicted octanol–water partition coefficient (Wildman–Crippen LogP) is 7.63. The first-order chi connectivity index (χ1) is 20.0. The van der Waals surface area contributed by atoms with Crippen molar-refractivity contribution >= 4 is 11.8 Å². The second kappa shape index (κ2) is 25.9. The van der Waals surface area contributed by atoms with Gasteiger partial charge in [-0.05, 0) is 69.9 Å². The number of carbonyl (C=O) groups is 2. The summed E-state index contributed by atoms with van der Waals surface area (Å²) < 4.78 is 28.7. The van der Waals surface area contributed by atoms with Gasteiger partial charge in [0.05, 0.1) is 0 Å². The van der Waals surface area contributed by atoms with E-state index in [1.807, 2.05) is 0 Å². The van der Waals surface area contributed by atoms with Crippen molar-refractivity contribution in [1.82, 2.24) is 10.6 Å². The number of hydrogen-bond donors (Lipinski definition) is 4. The molecule has 238 valence electrons. The number of halogens is 2. The van der Waals surface area contributed by atoms with E-state index in [2.05, 4.69) is 10.6 Å². The highest BCUT2D eigenvalue weighted by molar-refractivity contribution is 5.92. The Morgan fingerprint density at radius 2 is 0.829 bits per heavy atom. The van der Waals surface area contributed by atoms with E-state index >= 15 is 0 Å². The Balaban J connectivity index is 2.19. The first-order valence-corrected chi connectivity index (χ1v) is 16.5. The van der Waals surface area contributed by atoms with Gasteiger partial charge in [0, 0.05) is 25.3 Å². The minimum atomic E-state index is -0.793. The SMILES string of the molecule is O=C(N[C@H]1CCC[C@H]1NC(=O)/C(F)=C\CCCCCCCCCCCO)/C(F)=C\CCCCCCCCCCCO. The van der Waals surface area contributed by atoms with Crippen LogP contribution in [0.15, 0.2) is 23.8 Å². The average molecular weight is 585 g/mol. The van der Waals surface area contributed by atoms with Crippen molar-refractivity contribution in [2.75, 3.05) is 13.2 Å². The van der Waals surface area contributed by atoms with Crippen LogP contribution in [0.4, 0.5) is 8.78 Å². The molecule has 0 aromatic rings. The third kappa shape index (κ3) is 19.9. The lowest BCUT2D eigenvalue weighted by molar-refractivity contribution is -0.122. The van der Waals surface area contributed by atoms with E-state index < -0.39 is 35.6 Å². The molecule has 1 fully saturated rings. The highest BCUT2D eigenvalue weighted by atomic mass is 19.1. The van der Waals surface area contributed by atoms with Crippen LogP contribution in [0, 0.1) is 0 Å². The fourth-order valence-corrected chi connectivity index (χ4v) is 5.41. The molecule has 0 aliphatic heterocycles. The van der Waals surface area contributed by atoms with Gasteiger partial charge in [-0.2, -0.15) is 0 Å². The monoisotopic (exact) mass is 584 g/mol. The summed E-state index contributed by atoms with van der Waals surface area (Å²) in [5.74, 6) is -3.11. The van der Waals surface area contributed by atoms with Gasteiger partial charge in [0.25, 0.3) is 11.8 Å². The molecule has 0 saturated heterocycles. The molecule has 2 atom stereocenters. The lowest BCUT2D eigenvalue weighted by Crippen LogP contribution is -2.48. The van der Waals surface area contributed by atoms with Crippen LogP contribution in [0.25, 0.3) is 0 Å². The Kier molecular flexibility index (Phi) is 23.5. The van der Waals surface area contributed by atoms with Crippen LogP contribution in [0.3, 0.4) is 0 Å². The van der Waals surface area contributed by atoms with E-state index in [0.717, 1.165) is 96.3 Å². The molecule has 1 rings (SSSR count). The van der Waals surface area contributed by atoms with Crippen molar-refractivity contribution in [2.24, 2.45) is 0 Å². The molecule has 1 saturated carbocycles. The van der Waals surface area contributed by atoms with E-state index in [1.54, 1.807) is 0 Å². The fourth-order valence-electron chi connectivity index (χ4n) is 5.41. The highest BCUT2D eigenvalue weighted by Gasteiger charge is 2.31. The second-order valence-electron chi connectivity index (χ2n) is 11.6.